The first kappa shape index (κ1) is 9.46. The second-order valence-electron chi connectivity index (χ2n) is 1.000. The number of rotatable bonds is 1. The van der Waals surface area contributed by atoms with Crippen molar-refractivity contribution in [2.45, 2.75) is 18.6 Å². The third-order valence-corrected chi connectivity index (χ3v) is 1.50. The van der Waals surface area contributed by atoms with Crippen LogP contribution in [0, 0.1) is 0 Å². The van der Waals surface area contributed by atoms with Gasteiger partial charge in [-0.25, -0.2) is 0 Å². The molecule has 0 nitrogen and oxygen atoms in total. The average Bonchev–Trinajstić information content (AvgIpc) is 1.37. The van der Waals surface area contributed by atoms with Gasteiger partial charge in [0.1, 0.15) is 0 Å². The van der Waals surface area contributed by atoms with Crippen LogP contribution in [0.25, 0.3) is 0 Å². The summed E-state index contributed by atoms with van der Waals surface area (Å²) in [7, 11) is 0. The Kier molecular flexibility index (Phi) is 16.9. The van der Waals surface area contributed by atoms with E-state index in [0.717, 1.165) is 0 Å². The molecule has 5 heavy (non-hydrogen) atoms. The fourth-order valence-corrected chi connectivity index (χ4v) is 0. The summed E-state index contributed by atoms with van der Waals surface area (Å²) in [5, 5.41) is 1.46. The SMILES string of the molecule is CC[CH2][AlH2].[LiH]. The van der Waals surface area contributed by atoms with Crippen LogP contribution >= 0.6 is 0 Å². The molecule has 0 saturated heterocycles. The fourth-order valence-electron chi connectivity index (χ4n) is 0. The van der Waals surface area contributed by atoms with Crippen molar-refractivity contribution in [3.8, 4) is 0 Å². The molecule has 0 unspecified atom stereocenters. The van der Waals surface area contributed by atoms with E-state index < -0.39 is 0 Å². The molecule has 0 aliphatic carbocycles. The van der Waals surface area contributed by atoms with E-state index in [4.69, 9.17) is 0 Å². The van der Waals surface area contributed by atoms with Crippen molar-refractivity contribution in [2.75, 3.05) is 0 Å². The average molecular weight is 80.0 g/mol. The third-order valence-electron chi connectivity index (χ3n) is 0.500. The Morgan fingerprint density at radius 3 is 1.80 bits per heavy atom. The summed E-state index contributed by atoms with van der Waals surface area (Å²) in [5.74, 6) is 0. The molecule has 0 saturated carbocycles. The molecule has 0 amide bonds. The molecule has 0 bridgehead atoms. The van der Waals surface area contributed by atoms with Crippen LogP contribution in [0.5, 0.6) is 0 Å². The number of hydrogen-bond donors (Lipinski definition) is 0. The Hall–Kier alpha value is 1.13. The molecule has 0 N–H and O–H groups in total. The molecule has 2 heteroatoms. The van der Waals surface area contributed by atoms with Crippen molar-refractivity contribution in [1.82, 2.24) is 0 Å². The Labute approximate surface area is 53.9 Å². The Bertz CT molecular complexity index is 8.85. The molecule has 0 rings (SSSR count). The van der Waals surface area contributed by atoms with Gasteiger partial charge < -0.3 is 0 Å². The van der Waals surface area contributed by atoms with Crippen LogP contribution in [0.3, 0.4) is 0 Å². The van der Waals surface area contributed by atoms with Gasteiger partial charge in [-0.2, -0.15) is 0 Å². The molecule has 0 aliphatic rings. The molecule has 0 atom stereocenters. The summed E-state index contributed by atoms with van der Waals surface area (Å²) in [6, 6.07) is 0. The second kappa shape index (κ2) is 8.93. The first-order chi connectivity index (χ1) is 1.91. The van der Waals surface area contributed by atoms with E-state index in [9.17, 15) is 0 Å². The summed E-state index contributed by atoms with van der Waals surface area (Å²) in [6.07, 6.45) is 1.38. The number of hydrogen-bond acceptors (Lipinski definition) is 0. The van der Waals surface area contributed by atoms with E-state index in [2.05, 4.69) is 6.92 Å². The van der Waals surface area contributed by atoms with Crippen LogP contribution in [0.4, 0.5) is 0 Å². The van der Waals surface area contributed by atoms with Crippen LogP contribution < -0.4 is 0 Å². The molecule has 0 heterocycles. The maximum absolute atomic E-state index is 2.22. The molecule has 0 spiro atoms. The Morgan fingerprint density at radius 1 is 1.60 bits per heavy atom. The van der Waals surface area contributed by atoms with Gasteiger partial charge in [-0.05, 0) is 0 Å². The van der Waals surface area contributed by atoms with Crippen molar-refractivity contribution < 1.29 is 0 Å². The van der Waals surface area contributed by atoms with Crippen molar-refractivity contribution in [2.24, 2.45) is 0 Å². The van der Waals surface area contributed by atoms with Gasteiger partial charge in [0.15, 0.2) is 0 Å². The molecule has 26 valence electrons. The zero-order chi connectivity index (χ0) is 3.41. The third kappa shape index (κ3) is 11.1. The zero-order valence-corrected chi connectivity index (χ0v) is 5.41. The van der Waals surface area contributed by atoms with E-state index >= 15 is 0 Å². The van der Waals surface area contributed by atoms with Gasteiger partial charge in [0.05, 0.1) is 0 Å². The van der Waals surface area contributed by atoms with E-state index in [1.165, 1.54) is 28.0 Å². The van der Waals surface area contributed by atoms with E-state index in [1.807, 2.05) is 0 Å². The predicted molar refractivity (Wildman–Crippen MR) is 30.8 cm³/mol. The topological polar surface area (TPSA) is 0 Å². The van der Waals surface area contributed by atoms with Crippen LogP contribution in [0.15, 0.2) is 0 Å². The van der Waals surface area contributed by atoms with Gasteiger partial charge in [0, 0.05) is 0 Å². The van der Waals surface area contributed by atoms with Crippen LogP contribution in [-0.4, -0.2) is 35.2 Å². The first-order valence-electron chi connectivity index (χ1n) is 1.91. The van der Waals surface area contributed by atoms with E-state index in [0.29, 0.717) is 0 Å². The summed E-state index contributed by atoms with van der Waals surface area (Å²) >= 11 is 1.39. The summed E-state index contributed by atoms with van der Waals surface area (Å²) in [5.41, 5.74) is 0. The molecule has 0 aromatic heterocycles. The molecule has 0 radical (unpaired) electrons. The van der Waals surface area contributed by atoms with Gasteiger partial charge in [-0.3, -0.25) is 0 Å². The van der Waals surface area contributed by atoms with E-state index in [1.54, 1.807) is 0 Å². The van der Waals surface area contributed by atoms with Gasteiger partial charge in [0.2, 0.25) is 16.3 Å². The second-order valence-corrected chi connectivity index (χ2v) is 2.00. The summed E-state index contributed by atoms with van der Waals surface area (Å²) in [4.78, 5) is 0. The minimum absolute atomic E-state index is 0. The summed E-state index contributed by atoms with van der Waals surface area (Å²) in [6.45, 7) is 2.22. The molecule has 0 fully saturated rings. The standard InChI is InChI=1S/C3H7.Al.Li.3H/c1-3-2;;;;;/h1,3H2,2H3;;;;;. The Morgan fingerprint density at radius 2 is 1.80 bits per heavy atom. The quantitative estimate of drug-likeness (QED) is 0.382. The van der Waals surface area contributed by atoms with Crippen molar-refractivity contribution in [1.29, 1.82) is 0 Å². The van der Waals surface area contributed by atoms with E-state index in [-0.39, 0.29) is 18.9 Å². The van der Waals surface area contributed by atoms with Gasteiger partial charge >= 0.3 is 18.9 Å². The minimum atomic E-state index is 0. The van der Waals surface area contributed by atoms with Crippen LogP contribution in [0.2, 0.25) is 5.28 Å². The summed E-state index contributed by atoms with van der Waals surface area (Å²) < 4.78 is 0. The van der Waals surface area contributed by atoms with Crippen molar-refractivity contribution in [3.63, 3.8) is 0 Å². The fraction of sp³-hybridized carbons (Fsp3) is 1.00. The maximum atomic E-state index is 2.22. The van der Waals surface area contributed by atoms with Gasteiger partial charge in [-0.15, -0.1) is 5.28 Å². The molecule has 0 aromatic rings. The molecular weight excluding hydrogens is 70.0 g/mol. The molecule has 0 aliphatic heterocycles. The zero-order valence-electron chi connectivity index (χ0n) is 3.41. The monoisotopic (exact) mass is 80.1 g/mol. The van der Waals surface area contributed by atoms with Crippen LogP contribution in [0.1, 0.15) is 13.3 Å². The van der Waals surface area contributed by atoms with Crippen molar-refractivity contribution in [3.05, 3.63) is 0 Å². The van der Waals surface area contributed by atoms with Gasteiger partial charge in [0.25, 0.3) is 0 Å². The predicted octanol–water partition coefficient (Wildman–Crippen LogP) is -0.201. The van der Waals surface area contributed by atoms with Crippen LogP contribution in [-0.2, 0) is 0 Å². The van der Waals surface area contributed by atoms with Gasteiger partial charge in [-0.1, -0.05) is 13.3 Å². The van der Waals surface area contributed by atoms with Crippen molar-refractivity contribution >= 4 is 35.2 Å². The molecule has 0 aromatic carbocycles. The Balaban J connectivity index is 0. The molecular formula is C3H10AlLi. The first-order valence-corrected chi connectivity index (χ1v) is 3.33. The normalized spacial score (nSPS) is 5.80.